The van der Waals surface area contributed by atoms with Crippen molar-refractivity contribution in [3.8, 4) is 0 Å². The van der Waals surface area contributed by atoms with E-state index in [4.69, 9.17) is 9.47 Å². The van der Waals surface area contributed by atoms with Crippen molar-refractivity contribution >= 4 is 24.0 Å². The predicted molar refractivity (Wildman–Crippen MR) is 115 cm³/mol. The summed E-state index contributed by atoms with van der Waals surface area (Å²) in [6.07, 6.45) is 0. The maximum absolute atomic E-state index is 12.8. The van der Waals surface area contributed by atoms with Gasteiger partial charge < -0.3 is 19.7 Å². The first-order valence-corrected chi connectivity index (χ1v) is 10.1. The van der Waals surface area contributed by atoms with Crippen LogP contribution in [0.1, 0.15) is 29.8 Å². The van der Waals surface area contributed by atoms with E-state index in [-0.39, 0.29) is 18.3 Å². The van der Waals surface area contributed by atoms with Gasteiger partial charge in [0.15, 0.2) is 0 Å². The molecule has 2 heterocycles. The summed E-state index contributed by atoms with van der Waals surface area (Å²) in [4.78, 5) is 17.5. The third-order valence-corrected chi connectivity index (χ3v) is 5.58. The fourth-order valence-electron chi connectivity index (χ4n) is 3.89. The number of benzene rings is 1. The van der Waals surface area contributed by atoms with Gasteiger partial charge >= 0.3 is 0 Å². The largest absolute Gasteiger partial charge is 0.379 e. The van der Waals surface area contributed by atoms with Crippen molar-refractivity contribution in [2.24, 2.45) is 5.92 Å². The van der Waals surface area contributed by atoms with Crippen molar-refractivity contribution < 1.29 is 14.3 Å². The molecule has 3 rings (SSSR count). The number of carbonyl (C=O) groups excluding carboxylic acids is 1. The molecule has 2 aliphatic rings. The topological polar surface area (TPSA) is 54.0 Å². The molecule has 0 saturated carbocycles. The summed E-state index contributed by atoms with van der Waals surface area (Å²) >= 11 is 0. The lowest BCUT2D eigenvalue weighted by Crippen LogP contribution is -2.51. The maximum atomic E-state index is 12.8. The number of nitrogens with one attached hydrogen (secondary N) is 1. The molecule has 1 aromatic carbocycles. The highest BCUT2D eigenvalue weighted by molar-refractivity contribution is 5.95. The first-order valence-electron chi connectivity index (χ1n) is 10.1. The molecule has 28 heavy (non-hydrogen) atoms. The maximum Gasteiger partial charge on any atom is 0.251 e. The lowest BCUT2D eigenvalue weighted by atomic mass is 10.0. The molecule has 0 bridgehead atoms. The summed E-state index contributed by atoms with van der Waals surface area (Å²) in [5.41, 5.74) is 3.06. The van der Waals surface area contributed by atoms with Gasteiger partial charge in [0.25, 0.3) is 5.91 Å². The molecular weight excluding hydrogens is 378 g/mol. The van der Waals surface area contributed by atoms with Gasteiger partial charge in [-0.05, 0) is 30.5 Å². The highest BCUT2D eigenvalue weighted by Gasteiger charge is 2.24. The average Bonchev–Trinajstić information content (AvgIpc) is 2.69. The number of hydrogen-bond acceptors (Lipinski definition) is 5. The molecule has 0 aliphatic carbocycles. The number of morpholine rings is 2. The third kappa shape index (κ3) is 5.83. The number of ether oxygens (including phenoxy) is 2. The van der Waals surface area contributed by atoms with Gasteiger partial charge in [0.2, 0.25) is 0 Å². The highest BCUT2D eigenvalue weighted by Crippen LogP contribution is 2.23. The zero-order valence-electron chi connectivity index (χ0n) is 17.3. The Labute approximate surface area is 175 Å². The predicted octanol–water partition coefficient (Wildman–Crippen LogP) is 2.34. The molecule has 2 saturated heterocycles. The fraction of sp³-hybridized carbons (Fsp3) is 0.667. The number of aryl methyl sites for hydroxylation is 1. The van der Waals surface area contributed by atoms with Crippen LogP contribution in [0.5, 0.6) is 0 Å². The van der Waals surface area contributed by atoms with Gasteiger partial charge in [-0.15, -0.1) is 12.4 Å². The van der Waals surface area contributed by atoms with E-state index in [1.165, 1.54) is 5.56 Å². The second kappa shape index (κ2) is 11.0. The van der Waals surface area contributed by atoms with Crippen LogP contribution in [0.4, 0.5) is 5.69 Å². The molecule has 1 atom stereocenters. The molecule has 2 fully saturated rings. The van der Waals surface area contributed by atoms with Gasteiger partial charge in [-0.1, -0.05) is 19.9 Å². The number of amides is 1. The second-order valence-electron chi connectivity index (χ2n) is 7.77. The van der Waals surface area contributed by atoms with Crippen molar-refractivity contribution in [3.05, 3.63) is 29.3 Å². The van der Waals surface area contributed by atoms with Crippen LogP contribution in [0.2, 0.25) is 0 Å². The summed E-state index contributed by atoms with van der Waals surface area (Å²) in [7, 11) is 0. The van der Waals surface area contributed by atoms with Crippen molar-refractivity contribution in [2.75, 3.05) is 64.1 Å². The molecule has 6 nitrogen and oxygen atoms in total. The number of hydrogen-bond donors (Lipinski definition) is 1. The van der Waals surface area contributed by atoms with Crippen molar-refractivity contribution in [3.63, 3.8) is 0 Å². The molecule has 7 heteroatoms. The smallest absolute Gasteiger partial charge is 0.251 e. The Morgan fingerprint density at radius 3 is 2.29 bits per heavy atom. The monoisotopic (exact) mass is 411 g/mol. The molecule has 1 amide bonds. The molecule has 1 unspecified atom stereocenters. The normalized spacial score (nSPS) is 19.2. The van der Waals surface area contributed by atoms with E-state index >= 15 is 0 Å². The van der Waals surface area contributed by atoms with Crippen molar-refractivity contribution in [2.45, 2.75) is 26.8 Å². The highest BCUT2D eigenvalue weighted by atomic mass is 35.5. The van der Waals surface area contributed by atoms with Crippen LogP contribution in [0.3, 0.4) is 0 Å². The van der Waals surface area contributed by atoms with Crippen LogP contribution >= 0.6 is 12.4 Å². The van der Waals surface area contributed by atoms with Gasteiger partial charge in [-0.3, -0.25) is 9.69 Å². The first kappa shape index (κ1) is 22.9. The number of anilines is 1. The summed E-state index contributed by atoms with van der Waals surface area (Å²) in [5.74, 6) is 0.480. The summed E-state index contributed by atoms with van der Waals surface area (Å²) in [6.45, 7) is 13.8. The molecular formula is C21H34ClN3O3. The van der Waals surface area contributed by atoms with Crippen LogP contribution in [0.25, 0.3) is 0 Å². The third-order valence-electron chi connectivity index (χ3n) is 5.58. The Morgan fingerprint density at radius 2 is 1.68 bits per heavy atom. The molecule has 158 valence electrons. The Kier molecular flexibility index (Phi) is 9.02. The summed E-state index contributed by atoms with van der Waals surface area (Å²) in [5, 5.41) is 3.16. The number of halogens is 1. The van der Waals surface area contributed by atoms with E-state index in [0.717, 1.165) is 63.9 Å². The van der Waals surface area contributed by atoms with E-state index in [2.05, 4.69) is 35.9 Å². The van der Waals surface area contributed by atoms with E-state index in [1.807, 2.05) is 18.2 Å². The van der Waals surface area contributed by atoms with Crippen molar-refractivity contribution in [1.29, 1.82) is 0 Å². The van der Waals surface area contributed by atoms with Crippen LogP contribution in [-0.2, 0) is 9.47 Å². The minimum Gasteiger partial charge on any atom is -0.379 e. The summed E-state index contributed by atoms with van der Waals surface area (Å²) in [6, 6.07) is 6.33. The van der Waals surface area contributed by atoms with Crippen LogP contribution in [-0.4, -0.2) is 76.0 Å². The van der Waals surface area contributed by atoms with Crippen LogP contribution < -0.4 is 10.2 Å². The summed E-state index contributed by atoms with van der Waals surface area (Å²) < 4.78 is 10.9. The van der Waals surface area contributed by atoms with E-state index in [9.17, 15) is 4.79 Å². The zero-order valence-corrected chi connectivity index (χ0v) is 18.1. The minimum atomic E-state index is 0. The van der Waals surface area contributed by atoms with Crippen molar-refractivity contribution in [1.82, 2.24) is 10.2 Å². The Balaban J connectivity index is 0.00000280. The van der Waals surface area contributed by atoms with E-state index in [0.29, 0.717) is 18.5 Å². The van der Waals surface area contributed by atoms with E-state index in [1.54, 1.807) is 0 Å². The minimum absolute atomic E-state index is 0. The fourth-order valence-corrected chi connectivity index (χ4v) is 3.89. The number of nitrogens with zero attached hydrogens (tertiary/aromatic N) is 2. The van der Waals surface area contributed by atoms with Crippen LogP contribution in [0.15, 0.2) is 18.2 Å². The van der Waals surface area contributed by atoms with Gasteiger partial charge in [0, 0.05) is 50.0 Å². The number of rotatable bonds is 6. The molecule has 2 aliphatic heterocycles. The Morgan fingerprint density at radius 1 is 1.07 bits per heavy atom. The second-order valence-corrected chi connectivity index (χ2v) is 7.77. The lowest BCUT2D eigenvalue weighted by molar-refractivity contribution is 0.00673. The van der Waals surface area contributed by atoms with Gasteiger partial charge in [-0.2, -0.15) is 0 Å². The quantitative estimate of drug-likeness (QED) is 0.778. The number of carbonyl (C=O) groups is 1. The van der Waals surface area contributed by atoms with Gasteiger partial charge in [0.05, 0.1) is 26.4 Å². The van der Waals surface area contributed by atoms with Gasteiger partial charge in [-0.25, -0.2) is 0 Å². The Hall–Kier alpha value is -1.34. The molecule has 0 radical (unpaired) electrons. The lowest BCUT2D eigenvalue weighted by Gasteiger charge is -2.37. The Bertz CT molecular complexity index is 629. The van der Waals surface area contributed by atoms with Crippen LogP contribution in [0, 0.1) is 12.8 Å². The SMILES string of the molecule is Cc1ccc(C(=O)NCC(C(C)C)N2CCOCC2)cc1N1CCOCC1.Cl. The standard InChI is InChI=1S/C21H33N3O3.ClH/c1-16(2)20(24-8-12-27-13-9-24)15-22-21(25)18-5-4-17(3)19(14-18)23-6-10-26-11-7-23;/h4-5,14,16,20H,6-13,15H2,1-3H3,(H,22,25);1H. The van der Waals surface area contributed by atoms with E-state index < -0.39 is 0 Å². The molecule has 0 spiro atoms. The molecule has 1 aromatic rings. The molecule has 0 aromatic heterocycles. The zero-order chi connectivity index (χ0) is 19.2. The first-order chi connectivity index (χ1) is 13.1. The average molecular weight is 412 g/mol. The molecule has 1 N–H and O–H groups in total. The van der Waals surface area contributed by atoms with Gasteiger partial charge in [0.1, 0.15) is 0 Å².